The van der Waals surface area contributed by atoms with E-state index in [1.807, 2.05) is 53.1 Å². The van der Waals surface area contributed by atoms with Crippen LogP contribution in [0.15, 0.2) is 48.5 Å². The number of rotatable bonds is 7. The molecule has 0 unspecified atom stereocenters. The van der Waals surface area contributed by atoms with Gasteiger partial charge in [-0.25, -0.2) is 4.98 Å². The van der Waals surface area contributed by atoms with Crippen LogP contribution in [0.25, 0.3) is 11.0 Å². The summed E-state index contributed by atoms with van der Waals surface area (Å²) < 4.78 is 7.21. The smallest absolute Gasteiger partial charge is 0.244 e. The molecule has 29 heavy (non-hydrogen) atoms. The van der Waals surface area contributed by atoms with E-state index in [1.165, 1.54) is 0 Å². The summed E-state index contributed by atoms with van der Waals surface area (Å²) in [6.45, 7) is 3.72. The summed E-state index contributed by atoms with van der Waals surface area (Å²) in [5, 5.41) is 15.1. The first-order valence-electron chi connectivity index (χ1n) is 9.77. The van der Waals surface area contributed by atoms with E-state index in [9.17, 15) is 4.79 Å². The van der Waals surface area contributed by atoms with Crippen molar-refractivity contribution < 1.29 is 14.6 Å². The molecule has 1 amide bonds. The number of imidazole rings is 1. The quantitative estimate of drug-likeness (QED) is 0.566. The van der Waals surface area contributed by atoms with Gasteiger partial charge in [0.25, 0.3) is 0 Å². The highest BCUT2D eigenvalue weighted by Gasteiger charge is 2.14. The molecule has 4 rings (SSSR count). The number of aromatic nitrogens is 2. The Morgan fingerprint density at radius 1 is 1.10 bits per heavy atom. The van der Waals surface area contributed by atoms with Crippen LogP contribution in [0.5, 0.6) is 0 Å². The maximum atomic E-state index is 12.7. The number of hydrogen-bond acceptors (Lipinski definition) is 6. The van der Waals surface area contributed by atoms with Crippen LogP contribution in [0, 0.1) is 0 Å². The van der Waals surface area contributed by atoms with Gasteiger partial charge in [-0.1, -0.05) is 12.1 Å². The van der Waals surface area contributed by atoms with Gasteiger partial charge in [0.1, 0.15) is 6.54 Å². The van der Waals surface area contributed by atoms with Crippen LogP contribution in [0.4, 0.5) is 17.3 Å². The zero-order valence-corrected chi connectivity index (χ0v) is 16.2. The number of nitrogens with zero attached hydrogens (tertiary/aromatic N) is 3. The summed E-state index contributed by atoms with van der Waals surface area (Å²) in [4.78, 5) is 19.5. The van der Waals surface area contributed by atoms with Gasteiger partial charge in [0.2, 0.25) is 11.9 Å². The fraction of sp³-hybridized carbons (Fsp3) is 0.333. The summed E-state index contributed by atoms with van der Waals surface area (Å²) in [5.74, 6) is 0.428. The number of fused-ring (bicyclic) bond motifs is 1. The van der Waals surface area contributed by atoms with Crippen molar-refractivity contribution in [2.75, 3.05) is 55.0 Å². The standard InChI is InChI=1S/C21H25N5O3/c27-12-9-22-21-24-18-3-1-2-4-19(18)26(21)15-20(28)23-16-5-7-17(8-6-16)25-10-13-29-14-11-25/h1-8,27H,9-15H2,(H,22,24)(H,23,28). The summed E-state index contributed by atoms with van der Waals surface area (Å²) >= 11 is 0. The first-order chi connectivity index (χ1) is 14.2. The maximum Gasteiger partial charge on any atom is 0.244 e. The van der Waals surface area contributed by atoms with Crippen molar-refractivity contribution in [3.05, 3.63) is 48.5 Å². The second kappa shape index (κ2) is 8.93. The SMILES string of the molecule is O=C(Cn1c(NCCO)nc2ccccc21)Nc1ccc(N2CCOCC2)cc1. The second-order valence-corrected chi connectivity index (χ2v) is 6.86. The molecule has 0 radical (unpaired) electrons. The van der Waals surface area contributed by atoms with E-state index in [-0.39, 0.29) is 19.1 Å². The van der Waals surface area contributed by atoms with Gasteiger partial charge in [-0.15, -0.1) is 0 Å². The van der Waals surface area contributed by atoms with E-state index in [2.05, 4.69) is 20.5 Å². The third kappa shape index (κ3) is 4.49. The van der Waals surface area contributed by atoms with Gasteiger partial charge in [0.05, 0.1) is 30.9 Å². The van der Waals surface area contributed by atoms with Gasteiger partial charge in [0.15, 0.2) is 0 Å². The van der Waals surface area contributed by atoms with Crippen LogP contribution in [0.1, 0.15) is 0 Å². The molecule has 0 saturated carbocycles. The molecule has 1 aliphatic heterocycles. The number of amides is 1. The van der Waals surface area contributed by atoms with Crippen LogP contribution in [0.3, 0.4) is 0 Å². The Hall–Kier alpha value is -3.10. The molecule has 2 aromatic carbocycles. The second-order valence-electron chi connectivity index (χ2n) is 6.86. The average molecular weight is 395 g/mol. The molecule has 2 heterocycles. The number of aliphatic hydroxyl groups excluding tert-OH is 1. The van der Waals surface area contributed by atoms with E-state index >= 15 is 0 Å². The van der Waals surface area contributed by atoms with Gasteiger partial charge >= 0.3 is 0 Å². The van der Waals surface area contributed by atoms with Crippen molar-refractivity contribution >= 4 is 34.3 Å². The predicted molar refractivity (Wildman–Crippen MR) is 113 cm³/mol. The van der Waals surface area contributed by atoms with Gasteiger partial charge in [-0.2, -0.15) is 0 Å². The average Bonchev–Trinajstić information content (AvgIpc) is 3.10. The molecule has 3 N–H and O–H groups in total. The summed E-state index contributed by atoms with van der Waals surface area (Å²) in [7, 11) is 0. The Morgan fingerprint density at radius 3 is 2.62 bits per heavy atom. The number of nitrogens with one attached hydrogen (secondary N) is 2. The molecule has 0 bridgehead atoms. The first kappa shape index (κ1) is 19.2. The normalized spacial score (nSPS) is 14.2. The number of carbonyl (C=O) groups is 1. The van der Waals surface area contributed by atoms with Crippen LogP contribution < -0.4 is 15.5 Å². The third-order valence-corrected chi connectivity index (χ3v) is 4.88. The number of carbonyl (C=O) groups excluding carboxylic acids is 1. The Kier molecular flexibility index (Phi) is 5.92. The Balaban J connectivity index is 1.45. The van der Waals surface area contributed by atoms with E-state index in [4.69, 9.17) is 9.84 Å². The van der Waals surface area contributed by atoms with Gasteiger partial charge in [0, 0.05) is 31.0 Å². The minimum Gasteiger partial charge on any atom is -0.395 e. The summed E-state index contributed by atoms with van der Waals surface area (Å²) in [6, 6.07) is 15.5. The summed E-state index contributed by atoms with van der Waals surface area (Å²) in [6.07, 6.45) is 0. The molecule has 1 aliphatic rings. The number of anilines is 3. The molecule has 0 aliphatic carbocycles. The Bertz CT molecular complexity index is 964. The minimum absolute atomic E-state index is 0.00903. The maximum absolute atomic E-state index is 12.7. The van der Waals surface area contributed by atoms with Crippen LogP contribution in [-0.2, 0) is 16.1 Å². The fourth-order valence-electron chi connectivity index (χ4n) is 3.46. The molecule has 0 spiro atoms. The zero-order valence-electron chi connectivity index (χ0n) is 16.2. The highest BCUT2D eigenvalue weighted by atomic mass is 16.5. The molecule has 0 atom stereocenters. The highest BCUT2D eigenvalue weighted by molar-refractivity contribution is 5.92. The molecule has 8 nitrogen and oxygen atoms in total. The minimum atomic E-state index is -0.140. The lowest BCUT2D eigenvalue weighted by Crippen LogP contribution is -2.36. The number of benzene rings is 2. The lowest BCUT2D eigenvalue weighted by molar-refractivity contribution is -0.116. The lowest BCUT2D eigenvalue weighted by Gasteiger charge is -2.28. The highest BCUT2D eigenvalue weighted by Crippen LogP contribution is 2.21. The van der Waals surface area contributed by atoms with Crippen molar-refractivity contribution in [2.24, 2.45) is 0 Å². The molecule has 152 valence electrons. The van der Waals surface area contributed by atoms with Gasteiger partial charge in [-0.3, -0.25) is 4.79 Å². The van der Waals surface area contributed by atoms with Gasteiger partial charge < -0.3 is 29.9 Å². The largest absolute Gasteiger partial charge is 0.395 e. The van der Waals surface area contributed by atoms with E-state index in [0.29, 0.717) is 12.5 Å². The Labute approximate surface area is 169 Å². The van der Waals surface area contributed by atoms with Crippen molar-refractivity contribution in [3.8, 4) is 0 Å². The van der Waals surface area contributed by atoms with Crippen LogP contribution in [0.2, 0.25) is 0 Å². The van der Waals surface area contributed by atoms with Crippen LogP contribution >= 0.6 is 0 Å². The third-order valence-electron chi connectivity index (χ3n) is 4.88. The van der Waals surface area contributed by atoms with E-state index in [0.717, 1.165) is 48.7 Å². The van der Waals surface area contributed by atoms with Crippen molar-refractivity contribution in [1.82, 2.24) is 9.55 Å². The Morgan fingerprint density at radius 2 is 1.86 bits per heavy atom. The van der Waals surface area contributed by atoms with Crippen LogP contribution in [-0.4, -0.2) is 60.0 Å². The summed E-state index contributed by atoms with van der Waals surface area (Å²) in [5.41, 5.74) is 3.55. The molecular weight excluding hydrogens is 370 g/mol. The number of aliphatic hydroxyl groups is 1. The number of para-hydroxylation sites is 2. The monoisotopic (exact) mass is 395 g/mol. The number of morpholine rings is 1. The van der Waals surface area contributed by atoms with E-state index in [1.54, 1.807) is 0 Å². The van der Waals surface area contributed by atoms with Crippen molar-refractivity contribution in [3.63, 3.8) is 0 Å². The molecule has 8 heteroatoms. The molecule has 1 aromatic heterocycles. The predicted octanol–water partition coefficient (Wildman–Crippen LogP) is 1.92. The number of ether oxygens (including phenoxy) is 1. The zero-order chi connectivity index (χ0) is 20.1. The molecule has 3 aromatic rings. The van der Waals surface area contributed by atoms with Crippen molar-refractivity contribution in [1.29, 1.82) is 0 Å². The fourth-order valence-corrected chi connectivity index (χ4v) is 3.46. The van der Waals surface area contributed by atoms with Crippen molar-refractivity contribution in [2.45, 2.75) is 6.54 Å². The number of hydrogen-bond donors (Lipinski definition) is 3. The first-order valence-corrected chi connectivity index (χ1v) is 9.77. The molecular formula is C21H25N5O3. The van der Waals surface area contributed by atoms with E-state index < -0.39 is 0 Å². The molecule has 1 saturated heterocycles. The van der Waals surface area contributed by atoms with Gasteiger partial charge in [-0.05, 0) is 36.4 Å². The molecule has 1 fully saturated rings. The topological polar surface area (TPSA) is 91.7 Å². The lowest BCUT2D eigenvalue weighted by atomic mass is 10.2.